The third-order valence-electron chi connectivity index (χ3n) is 4.43. The Morgan fingerprint density at radius 1 is 1.19 bits per heavy atom. The van der Waals surface area contributed by atoms with E-state index in [2.05, 4.69) is 15.3 Å². The number of hydrogen-bond donors (Lipinski definition) is 1. The van der Waals surface area contributed by atoms with E-state index in [0.717, 1.165) is 23.4 Å². The molecule has 0 radical (unpaired) electrons. The molecule has 1 aliphatic rings. The number of methoxy groups -OCH3 is 1. The molecule has 1 fully saturated rings. The SMILES string of the molecule is COc1ccc(CNC(=O)c2cc(C)nc(N3CCN(C=O)CC3)n2)cc1. The van der Waals surface area contributed by atoms with Gasteiger partial charge < -0.3 is 19.9 Å². The Kier molecular flexibility index (Phi) is 5.85. The smallest absolute Gasteiger partial charge is 0.270 e. The van der Waals surface area contributed by atoms with E-state index >= 15 is 0 Å². The summed E-state index contributed by atoms with van der Waals surface area (Å²) >= 11 is 0. The highest BCUT2D eigenvalue weighted by molar-refractivity contribution is 5.92. The minimum atomic E-state index is -0.246. The molecule has 0 bridgehead atoms. The van der Waals surface area contributed by atoms with Crippen LogP contribution in [0.3, 0.4) is 0 Å². The molecule has 2 heterocycles. The Morgan fingerprint density at radius 3 is 2.52 bits per heavy atom. The highest BCUT2D eigenvalue weighted by atomic mass is 16.5. The first-order chi connectivity index (χ1) is 13.1. The predicted octanol–water partition coefficient (Wildman–Crippen LogP) is 1.00. The molecule has 1 aromatic heterocycles. The zero-order valence-electron chi connectivity index (χ0n) is 15.5. The molecular weight excluding hydrogens is 346 g/mol. The molecule has 142 valence electrons. The molecule has 0 saturated carbocycles. The first-order valence-corrected chi connectivity index (χ1v) is 8.80. The van der Waals surface area contributed by atoms with Gasteiger partial charge in [-0.3, -0.25) is 9.59 Å². The lowest BCUT2D eigenvalue weighted by Crippen LogP contribution is -2.46. The van der Waals surface area contributed by atoms with Gasteiger partial charge in [0.25, 0.3) is 5.91 Å². The highest BCUT2D eigenvalue weighted by Gasteiger charge is 2.20. The van der Waals surface area contributed by atoms with Crippen molar-refractivity contribution in [3.63, 3.8) is 0 Å². The van der Waals surface area contributed by atoms with E-state index in [9.17, 15) is 9.59 Å². The van der Waals surface area contributed by atoms with Crippen LogP contribution in [-0.2, 0) is 11.3 Å². The molecule has 0 spiro atoms. The van der Waals surface area contributed by atoms with Crippen LogP contribution in [0.15, 0.2) is 30.3 Å². The monoisotopic (exact) mass is 369 g/mol. The number of benzene rings is 1. The van der Waals surface area contributed by atoms with Gasteiger partial charge in [-0.25, -0.2) is 9.97 Å². The first kappa shape index (κ1) is 18.6. The fourth-order valence-corrected chi connectivity index (χ4v) is 2.85. The summed E-state index contributed by atoms with van der Waals surface area (Å²) in [5, 5.41) is 2.88. The zero-order chi connectivity index (χ0) is 19.2. The number of rotatable bonds is 6. The van der Waals surface area contributed by atoms with E-state index in [1.54, 1.807) is 18.1 Å². The van der Waals surface area contributed by atoms with Gasteiger partial charge >= 0.3 is 0 Å². The van der Waals surface area contributed by atoms with E-state index < -0.39 is 0 Å². The summed E-state index contributed by atoms with van der Waals surface area (Å²) in [5.74, 6) is 1.05. The van der Waals surface area contributed by atoms with Crippen molar-refractivity contribution in [2.24, 2.45) is 0 Å². The summed E-state index contributed by atoms with van der Waals surface area (Å²) in [6, 6.07) is 9.19. The average molecular weight is 369 g/mol. The van der Waals surface area contributed by atoms with Crippen molar-refractivity contribution in [1.82, 2.24) is 20.2 Å². The summed E-state index contributed by atoms with van der Waals surface area (Å²) in [6.07, 6.45) is 0.854. The lowest BCUT2D eigenvalue weighted by Gasteiger charge is -2.32. The average Bonchev–Trinajstić information content (AvgIpc) is 2.72. The van der Waals surface area contributed by atoms with Crippen LogP contribution in [0.4, 0.5) is 5.95 Å². The molecule has 1 aromatic carbocycles. The van der Waals surface area contributed by atoms with E-state index in [-0.39, 0.29) is 5.91 Å². The Morgan fingerprint density at radius 2 is 1.89 bits per heavy atom. The normalized spacial score (nSPS) is 14.0. The number of nitrogens with zero attached hydrogens (tertiary/aromatic N) is 4. The number of carbonyl (C=O) groups excluding carboxylic acids is 2. The number of aryl methyl sites for hydroxylation is 1. The Hall–Kier alpha value is -3.16. The third-order valence-corrected chi connectivity index (χ3v) is 4.43. The molecule has 8 heteroatoms. The van der Waals surface area contributed by atoms with Crippen molar-refractivity contribution in [3.05, 3.63) is 47.3 Å². The largest absolute Gasteiger partial charge is 0.497 e. The van der Waals surface area contributed by atoms with Gasteiger partial charge in [0, 0.05) is 38.4 Å². The Balaban J connectivity index is 1.65. The topological polar surface area (TPSA) is 87.7 Å². The summed E-state index contributed by atoms with van der Waals surface area (Å²) in [7, 11) is 1.62. The quantitative estimate of drug-likeness (QED) is 0.765. The number of piperazine rings is 1. The maximum Gasteiger partial charge on any atom is 0.270 e. The van der Waals surface area contributed by atoms with E-state index in [1.807, 2.05) is 36.1 Å². The van der Waals surface area contributed by atoms with Crippen molar-refractivity contribution in [2.45, 2.75) is 13.5 Å². The van der Waals surface area contributed by atoms with Gasteiger partial charge in [-0.15, -0.1) is 0 Å². The third kappa shape index (κ3) is 4.72. The minimum Gasteiger partial charge on any atom is -0.497 e. The lowest BCUT2D eigenvalue weighted by molar-refractivity contribution is -0.118. The maximum atomic E-state index is 12.5. The summed E-state index contributed by atoms with van der Waals surface area (Å²) in [4.78, 5) is 35.9. The van der Waals surface area contributed by atoms with Gasteiger partial charge in [0.1, 0.15) is 11.4 Å². The van der Waals surface area contributed by atoms with Crippen LogP contribution in [0, 0.1) is 6.92 Å². The van der Waals surface area contributed by atoms with Crippen LogP contribution < -0.4 is 15.0 Å². The summed E-state index contributed by atoms with van der Waals surface area (Å²) in [6.45, 7) is 4.79. The Labute approximate surface area is 158 Å². The van der Waals surface area contributed by atoms with Gasteiger partial charge in [-0.1, -0.05) is 12.1 Å². The molecule has 8 nitrogen and oxygen atoms in total. The highest BCUT2D eigenvalue weighted by Crippen LogP contribution is 2.14. The fraction of sp³-hybridized carbons (Fsp3) is 0.368. The fourth-order valence-electron chi connectivity index (χ4n) is 2.85. The molecule has 1 aliphatic heterocycles. The number of hydrogen-bond acceptors (Lipinski definition) is 6. The second kappa shape index (κ2) is 8.48. The van der Waals surface area contributed by atoms with Gasteiger partial charge in [0.15, 0.2) is 0 Å². The van der Waals surface area contributed by atoms with Crippen LogP contribution in [0.1, 0.15) is 21.7 Å². The molecule has 2 amide bonds. The van der Waals surface area contributed by atoms with Crippen molar-refractivity contribution >= 4 is 18.3 Å². The molecule has 27 heavy (non-hydrogen) atoms. The molecular formula is C19H23N5O3. The number of anilines is 1. The van der Waals surface area contributed by atoms with E-state index in [0.29, 0.717) is 44.4 Å². The lowest BCUT2D eigenvalue weighted by atomic mass is 10.2. The second-order valence-corrected chi connectivity index (χ2v) is 6.35. The van der Waals surface area contributed by atoms with E-state index in [1.165, 1.54) is 0 Å². The van der Waals surface area contributed by atoms with Crippen LogP contribution in [0.25, 0.3) is 0 Å². The number of nitrogens with one attached hydrogen (secondary N) is 1. The van der Waals surface area contributed by atoms with Crippen LogP contribution in [0.2, 0.25) is 0 Å². The van der Waals surface area contributed by atoms with Crippen LogP contribution >= 0.6 is 0 Å². The molecule has 1 saturated heterocycles. The molecule has 0 aliphatic carbocycles. The van der Waals surface area contributed by atoms with Gasteiger partial charge in [0.05, 0.1) is 7.11 Å². The Bertz CT molecular complexity index is 801. The van der Waals surface area contributed by atoms with Crippen molar-refractivity contribution in [1.29, 1.82) is 0 Å². The first-order valence-electron chi connectivity index (χ1n) is 8.80. The number of aromatic nitrogens is 2. The van der Waals surface area contributed by atoms with Gasteiger partial charge in [-0.05, 0) is 30.7 Å². The van der Waals surface area contributed by atoms with E-state index in [4.69, 9.17) is 4.74 Å². The molecule has 0 unspecified atom stereocenters. The van der Waals surface area contributed by atoms with Gasteiger partial charge in [-0.2, -0.15) is 0 Å². The molecule has 1 N–H and O–H groups in total. The maximum absolute atomic E-state index is 12.5. The number of amides is 2. The van der Waals surface area contributed by atoms with Crippen LogP contribution in [-0.4, -0.2) is 60.5 Å². The predicted molar refractivity (Wildman–Crippen MR) is 101 cm³/mol. The number of ether oxygens (including phenoxy) is 1. The molecule has 3 rings (SSSR count). The molecule has 0 atom stereocenters. The second-order valence-electron chi connectivity index (χ2n) is 6.35. The zero-order valence-corrected chi connectivity index (χ0v) is 15.5. The summed E-state index contributed by atoms with van der Waals surface area (Å²) < 4.78 is 5.13. The number of carbonyl (C=O) groups is 2. The summed E-state index contributed by atoms with van der Waals surface area (Å²) in [5.41, 5.74) is 2.04. The van der Waals surface area contributed by atoms with Gasteiger partial charge in [0.2, 0.25) is 12.4 Å². The standard InChI is InChI=1S/C19H23N5O3/c1-14-11-17(18(26)20-12-15-3-5-16(27-2)6-4-15)22-19(21-14)24-9-7-23(13-25)8-10-24/h3-6,11,13H,7-10,12H2,1-2H3,(H,20,26). The van der Waals surface area contributed by atoms with Crippen LogP contribution in [0.5, 0.6) is 5.75 Å². The van der Waals surface area contributed by atoms with Crippen molar-refractivity contribution in [2.75, 3.05) is 38.2 Å². The molecule has 2 aromatic rings. The van der Waals surface area contributed by atoms with Crippen molar-refractivity contribution < 1.29 is 14.3 Å². The van der Waals surface area contributed by atoms with Crippen molar-refractivity contribution in [3.8, 4) is 5.75 Å². The minimum absolute atomic E-state index is 0.246.